The van der Waals surface area contributed by atoms with E-state index in [1.54, 1.807) is 19.3 Å². The van der Waals surface area contributed by atoms with Crippen LogP contribution in [0.1, 0.15) is 30.3 Å². The van der Waals surface area contributed by atoms with Crippen molar-refractivity contribution in [2.75, 3.05) is 31.6 Å². The van der Waals surface area contributed by atoms with Crippen molar-refractivity contribution in [2.24, 2.45) is 9.98 Å². The molecule has 4 aliphatic rings. The highest BCUT2D eigenvalue weighted by atomic mass is 16.2. The number of aliphatic imine (C=N–C) groups is 2. The Morgan fingerprint density at radius 3 is 2.87 bits per heavy atom. The molecule has 1 aromatic heterocycles. The lowest BCUT2D eigenvalue weighted by Gasteiger charge is -2.36. The molecule has 3 atom stereocenters. The van der Waals surface area contributed by atoms with Crippen molar-refractivity contribution in [1.82, 2.24) is 15.2 Å². The molecule has 1 aliphatic carbocycles. The molecule has 2 fully saturated rings. The van der Waals surface area contributed by atoms with Crippen LogP contribution < -0.4 is 10.2 Å². The summed E-state index contributed by atoms with van der Waals surface area (Å²) < 4.78 is 0. The monoisotopic (exact) mass is 418 g/mol. The van der Waals surface area contributed by atoms with Crippen molar-refractivity contribution in [3.8, 4) is 0 Å². The smallest absolute Gasteiger partial charge is 0.272 e. The largest absolute Gasteiger partial charge is 0.364 e. The fourth-order valence-corrected chi connectivity index (χ4v) is 4.63. The molecular formula is C23H26N6O2. The molecule has 31 heavy (non-hydrogen) atoms. The number of pyridine rings is 1. The molecule has 160 valence electrons. The van der Waals surface area contributed by atoms with Crippen molar-refractivity contribution in [2.45, 2.75) is 37.9 Å². The van der Waals surface area contributed by atoms with Gasteiger partial charge in [0.25, 0.3) is 11.8 Å². The maximum atomic E-state index is 12.1. The van der Waals surface area contributed by atoms with Crippen LogP contribution >= 0.6 is 0 Å². The Balaban J connectivity index is 1.22. The second-order valence-electron chi connectivity index (χ2n) is 8.34. The molecule has 1 unspecified atom stereocenters. The lowest BCUT2D eigenvalue weighted by atomic mass is 9.98. The number of dihydropyridines is 2. The number of carbonyl (C=O) groups excluding carboxylic acids is 2. The van der Waals surface area contributed by atoms with Crippen LogP contribution in [-0.4, -0.2) is 78.4 Å². The van der Waals surface area contributed by atoms with E-state index >= 15 is 0 Å². The Bertz CT molecular complexity index is 1040. The summed E-state index contributed by atoms with van der Waals surface area (Å²) in [5.41, 5.74) is 4.11. The standard InChI is InChI=1S/C23H26N6O2/c1-3-15-9-18-19(27-22(15)30)8-14(11-25-18)13-28-6-7-29(21-10-20(21)28)16-4-5-17(26-12-16)23(31)24-2/h4-5,8-9,11-12,18,20-21H,3,6-7,10,13H2,1-2H3,(H,24,31)/t18?,20-,21+/m1/s1. The minimum atomic E-state index is -0.170. The highest BCUT2D eigenvalue weighted by molar-refractivity contribution is 6.16. The summed E-state index contributed by atoms with van der Waals surface area (Å²) in [6.45, 7) is 4.64. The average Bonchev–Trinajstić information content (AvgIpc) is 3.60. The summed E-state index contributed by atoms with van der Waals surface area (Å²) in [5, 5.41) is 2.60. The summed E-state index contributed by atoms with van der Waals surface area (Å²) in [5.74, 6) is -0.302. The summed E-state index contributed by atoms with van der Waals surface area (Å²) in [4.78, 5) is 41.9. The predicted molar refractivity (Wildman–Crippen MR) is 120 cm³/mol. The number of aromatic nitrogens is 1. The first-order chi connectivity index (χ1) is 15.1. The number of nitrogens with one attached hydrogen (secondary N) is 1. The van der Waals surface area contributed by atoms with E-state index in [1.165, 1.54) is 0 Å². The highest BCUT2D eigenvalue weighted by Gasteiger charge is 2.49. The molecule has 8 heteroatoms. The van der Waals surface area contributed by atoms with E-state index in [9.17, 15) is 9.59 Å². The number of rotatable bonds is 5. The van der Waals surface area contributed by atoms with Crippen LogP contribution in [0.15, 0.2) is 51.6 Å². The quantitative estimate of drug-likeness (QED) is 0.781. The van der Waals surface area contributed by atoms with Gasteiger partial charge in [0, 0.05) is 50.6 Å². The SMILES string of the molecule is CCC1=CC2N=CC(CN3CCN(c4ccc(C(=O)NC)nc4)[C@H]4C[C@H]43)=CC2=NC1=O. The third-order valence-corrected chi connectivity index (χ3v) is 6.43. The van der Waals surface area contributed by atoms with Crippen LogP contribution in [0.4, 0.5) is 5.69 Å². The van der Waals surface area contributed by atoms with E-state index in [0.717, 1.165) is 48.6 Å². The topological polar surface area (TPSA) is 90.3 Å². The molecule has 2 amide bonds. The van der Waals surface area contributed by atoms with Gasteiger partial charge in [0.2, 0.25) is 0 Å². The van der Waals surface area contributed by atoms with Crippen molar-refractivity contribution >= 4 is 29.4 Å². The van der Waals surface area contributed by atoms with Gasteiger partial charge in [-0.05, 0) is 42.7 Å². The molecule has 1 saturated carbocycles. The van der Waals surface area contributed by atoms with Gasteiger partial charge in [-0.15, -0.1) is 0 Å². The molecule has 0 radical (unpaired) electrons. The van der Waals surface area contributed by atoms with Gasteiger partial charge in [0.05, 0.1) is 17.6 Å². The van der Waals surface area contributed by atoms with Crippen molar-refractivity contribution in [3.63, 3.8) is 0 Å². The van der Waals surface area contributed by atoms with Crippen LogP contribution in [0, 0.1) is 0 Å². The number of fused-ring (bicyclic) bond motifs is 2. The number of anilines is 1. The van der Waals surface area contributed by atoms with Gasteiger partial charge >= 0.3 is 0 Å². The molecule has 1 saturated heterocycles. The zero-order valence-electron chi connectivity index (χ0n) is 17.8. The Morgan fingerprint density at radius 2 is 2.13 bits per heavy atom. The predicted octanol–water partition coefficient (Wildman–Crippen LogP) is 1.40. The lowest BCUT2D eigenvalue weighted by Crippen LogP contribution is -2.47. The first-order valence-electron chi connectivity index (χ1n) is 10.8. The molecule has 0 aromatic carbocycles. The number of carbonyl (C=O) groups is 2. The second kappa shape index (κ2) is 7.85. The Morgan fingerprint density at radius 1 is 1.26 bits per heavy atom. The van der Waals surface area contributed by atoms with E-state index in [4.69, 9.17) is 0 Å². The van der Waals surface area contributed by atoms with Crippen molar-refractivity contribution in [3.05, 3.63) is 47.3 Å². The minimum absolute atomic E-state index is 0.118. The minimum Gasteiger partial charge on any atom is -0.364 e. The molecule has 4 heterocycles. The summed E-state index contributed by atoms with van der Waals surface area (Å²) in [6, 6.07) is 4.62. The number of nitrogens with zero attached hydrogens (tertiary/aromatic N) is 5. The van der Waals surface area contributed by atoms with E-state index in [2.05, 4.69) is 30.1 Å². The van der Waals surface area contributed by atoms with Crippen LogP contribution in [0.2, 0.25) is 0 Å². The molecule has 3 aliphatic heterocycles. The Hall–Kier alpha value is -3.13. The Labute approximate surface area is 181 Å². The van der Waals surface area contributed by atoms with Gasteiger partial charge in [0.15, 0.2) is 0 Å². The average molecular weight is 419 g/mol. The van der Waals surface area contributed by atoms with Crippen LogP contribution in [0.25, 0.3) is 0 Å². The molecule has 5 rings (SSSR count). The zero-order valence-corrected chi connectivity index (χ0v) is 17.8. The van der Waals surface area contributed by atoms with Gasteiger partial charge in [-0.25, -0.2) is 9.98 Å². The van der Waals surface area contributed by atoms with Gasteiger partial charge in [-0.2, -0.15) is 0 Å². The van der Waals surface area contributed by atoms with Crippen LogP contribution in [0.5, 0.6) is 0 Å². The summed E-state index contributed by atoms with van der Waals surface area (Å²) >= 11 is 0. The highest BCUT2D eigenvalue weighted by Crippen LogP contribution is 2.39. The maximum absolute atomic E-state index is 12.1. The molecular weight excluding hydrogens is 392 g/mol. The van der Waals surface area contributed by atoms with Crippen LogP contribution in [0.3, 0.4) is 0 Å². The number of hydrogen-bond acceptors (Lipinski definition) is 6. The third kappa shape index (κ3) is 3.72. The fourth-order valence-electron chi connectivity index (χ4n) is 4.63. The third-order valence-electron chi connectivity index (χ3n) is 6.43. The van der Waals surface area contributed by atoms with Gasteiger partial charge in [-0.3, -0.25) is 19.5 Å². The van der Waals surface area contributed by atoms with Gasteiger partial charge < -0.3 is 10.2 Å². The molecule has 1 aromatic rings. The summed E-state index contributed by atoms with van der Waals surface area (Å²) in [6.07, 6.45) is 9.51. The molecule has 0 spiro atoms. The number of amides is 2. The van der Waals surface area contributed by atoms with E-state index in [0.29, 0.717) is 24.2 Å². The molecule has 0 bridgehead atoms. The molecule has 8 nitrogen and oxygen atoms in total. The molecule has 1 N–H and O–H groups in total. The first-order valence-corrected chi connectivity index (χ1v) is 10.8. The first kappa shape index (κ1) is 19.8. The van der Waals surface area contributed by atoms with Gasteiger partial charge in [-0.1, -0.05) is 6.92 Å². The second-order valence-corrected chi connectivity index (χ2v) is 8.34. The lowest BCUT2D eigenvalue weighted by molar-refractivity contribution is -0.114. The fraction of sp³-hybridized carbons (Fsp3) is 0.435. The van der Waals surface area contributed by atoms with E-state index < -0.39 is 0 Å². The normalized spacial score (nSPS) is 27.0. The number of hydrogen-bond donors (Lipinski definition) is 1. The summed E-state index contributed by atoms with van der Waals surface area (Å²) in [7, 11) is 1.61. The van der Waals surface area contributed by atoms with Gasteiger partial charge in [0.1, 0.15) is 11.7 Å². The van der Waals surface area contributed by atoms with E-state index in [-0.39, 0.29) is 17.9 Å². The van der Waals surface area contributed by atoms with Crippen LogP contribution in [-0.2, 0) is 4.79 Å². The number of piperazine rings is 1. The van der Waals surface area contributed by atoms with E-state index in [1.807, 2.05) is 31.4 Å². The Kier molecular flexibility index (Phi) is 5.02. The van der Waals surface area contributed by atoms with Crippen molar-refractivity contribution < 1.29 is 9.59 Å². The maximum Gasteiger partial charge on any atom is 0.272 e. The zero-order chi connectivity index (χ0) is 21.5. The van der Waals surface area contributed by atoms with Crippen molar-refractivity contribution in [1.29, 1.82) is 0 Å².